The van der Waals surface area contributed by atoms with Gasteiger partial charge in [0.05, 0.1) is 4.75 Å². The maximum Gasteiger partial charge on any atom is 0.216 e. The van der Waals surface area contributed by atoms with Crippen LogP contribution in [0.5, 0.6) is 0 Å². The second-order valence-corrected chi connectivity index (χ2v) is 10.3. The van der Waals surface area contributed by atoms with Crippen molar-refractivity contribution in [2.24, 2.45) is 5.92 Å². The van der Waals surface area contributed by atoms with E-state index >= 15 is 0 Å². The third kappa shape index (κ3) is 4.33. The molecule has 0 unspecified atom stereocenters. The zero-order valence-electron chi connectivity index (χ0n) is 15.1. The molecule has 0 amide bonds. The van der Waals surface area contributed by atoms with E-state index < -0.39 is 14.8 Å². The predicted octanol–water partition coefficient (Wildman–Crippen LogP) is 3.52. The molecule has 0 spiro atoms. The van der Waals surface area contributed by atoms with E-state index in [1.165, 1.54) is 6.39 Å². The molecule has 0 aliphatic heterocycles. The molecule has 1 aromatic carbocycles. The number of benzene rings is 1. The molecule has 25 heavy (non-hydrogen) atoms. The lowest BCUT2D eigenvalue weighted by Crippen LogP contribution is -2.46. The molecule has 1 fully saturated rings. The number of sulfonamides is 1. The van der Waals surface area contributed by atoms with Gasteiger partial charge in [0.1, 0.15) is 5.52 Å². The number of hydrogen-bond donors (Lipinski definition) is 2. The fourth-order valence-corrected chi connectivity index (χ4v) is 4.14. The highest BCUT2D eigenvalue weighted by Crippen LogP contribution is 2.27. The summed E-state index contributed by atoms with van der Waals surface area (Å²) in [6, 6.07) is 5.97. The van der Waals surface area contributed by atoms with Gasteiger partial charge in [0.25, 0.3) is 0 Å². The fourth-order valence-electron chi connectivity index (χ4n) is 3.11. The molecule has 1 heterocycles. The van der Waals surface area contributed by atoms with Gasteiger partial charge in [-0.2, -0.15) is 0 Å². The molecule has 0 radical (unpaired) electrons. The maximum atomic E-state index is 12.3. The summed E-state index contributed by atoms with van der Waals surface area (Å²) in [5.74, 6) is 0.559. The Hall–Kier alpha value is -1.60. The summed E-state index contributed by atoms with van der Waals surface area (Å²) in [5.41, 5.74) is 2.68. The Balaban J connectivity index is 1.48. The van der Waals surface area contributed by atoms with Crippen LogP contribution in [0, 0.1) is 5.92 Å². The van der Waals surface area contributed by atoms with Crippen molar-refractivity contribution in [3.8, 4) is 0 Å². The number of aromatic nitrogens is 1. The molecule has 3 rings (SSSR count). The van der Waals surface area contributed by atoms with Crippen molar-refractivity contribution in [2.45, 2.75) is 57.2 Å². The molecule has 138 valence electrons. The van der Waals surface area contributed by atoms with Gasteiger partial charge in [-0.3, -0.25) is 0 Å². The molecule has 0 atom stereocenters. The number of hydrogen-bond acceptors (Lipinski definition) is 5. The number of anilines is 1. The summed E-state index contributed by atoms with van der Waals surface area (Å²) in [5, 5.41) is 3.46. The quantitative estimate of drug-likeness (QED) is 0.847. The molecular formula is C18H27N3O3S. The highest BCUT2D eigenvalue weighted by Gasteiger charge is 2.32. The Morgan fingerprint density at radius 3 is 2.60 bits per heavy atom. The standard InChI is InChI=1S/C18H27N3O3S/c1-18(2,3)25(22,23)21-14-6-4-13(5-7-14)11-19-15-8-9-17-16(10-15)20-12-24-17/h8-10,12-14,19,21H,4-7,11H2,1-3H3/t13-,14-. The van der Waals surface area contributed by atoms with Gasteiger partial charge in [-0.25, -0.2) is 18.1 Å². The topological polar surface area (TPSA) is 84.2 Å². The van der Waals surface area contributed by atoms with E-state index in [-0.39, 0.29) is 6.04 Å². The Morgan fingerprint density at radius 2 is 1.92 bits per heavy atom. The average molecular weight is 365 g/mol. The van der Waals surface area contributed by atoms with Crippen LogP contribution in [0.15, 0.2) is 29.0 Å². The van der Waals surface area contributed by atoms with Gasteiger partial charge >= 0.3 is 0 Å². The second-order valence-electron chi connectivity index (χ2n) is 7.87. The van der Waals surface area contributed by atoms with Crippen molar-refractivity contribution < 1.29 is 12.8 Å². The Morgan fingerprint density at radius 1 is 1.20 bits per heavy atom. The Labute approximate surface area is 149 Å². The third-order valence-corrected chi connectivity index (χ3v) is 7.16. The van der Waals surface area contributed by atoms with E-state index in [0.29, 0.717) is 5.92 Å². The lowest BCUT2D eigenvalue weighted by atomic mass is 9.86. The first-order valence-corrected chi connectivity index (χ1v) is 10.3. The van der Waals surface area contributed by atoms with Crippen LogP contribution in [0.25, 0.3) is 11.1 Å². The number of rotatable bonds is 5. The van der Waals surface area contributed by atoms with E-state index in [9.17, 15) is 8.42 Å². The molecule has 2 aromatic rings. The van der Waals surface area contributed by atoms with Crippen LogP contribution in [0.3, 0.4) is 0 Å². The molecule has 6 nitrogen and oxygen atoms in total. The van der Waals surface area contributed by atoms with Gasteiger partial charge in [-0.15, -0.1) is 0 Å². The Bertz CT molecular complexity index is 815. The summed E-state index contributed by atoms with van der Waals surface area (Å²) >= 11 is 0. The first kappa shape index (κ1) is 18.2. The molecule has 7 heteroatoms. The second kappa shape index (κ2) is 6.96. The first-order chi connectivity index (χ1) is 11.7. The molecule has 2 N–H and O–H groups in total. The van der Waals surface area contributed by atoms with Crippen LogP contribution in [-0.4, -0.2) is 30.7 Å². The molecule has 0 saturated heterocycles. The summed E-state index contributed by atoms with van der Waals surface area (Å²) in [6.45, 7) is 6.09. The zero-order valence-corrected chi connectivity index (χ0v) is 15.9. The monoisotopic (exact) mass is 365 g/mol. The molecular weight excluding hydrogens is 338 g/mol. The molecule has 1 aromatic heterocycles. The van der Waals surface area contributed by atoms with Crippen LogP contribution in [0.4, 0.5) is 5.69 Å². The SMILES string of the molecule is CC(C)(C)S(=O)(=O)N[C@H]1CC[C@H](CNc2ccc3ocnc3c2)CC1. The van der Waals surface area contributed by atoms with E-state index in [4.69, 9.17) is 4.42 Å². The van der Waals surface area contributed by atoms with Crippen LogP contribution in [0.1, 0.15) is 46.5 Å². The summed E-state index contributed by atoms with van der Waals surface area (Å²) in [4.78, 5) is 4.17. The van der Waals surface area contributed by atoms with Gasteiger partial charge in [0.15, 0.2) is 12.0 Å². The lowest BCUT2D eigenvalue weighted by molar-refractivity contribution is 0.322. The first-order valence-electron chi connectivity index (χ1n) is 8.83. The summed E-state index contributed by atoms with van der Waals surface area (Å²) in [7, 11) is -3.27. The van der Waals surface area contributed by atoms with Crippen molar-refractivity contribution in [3.05, 3.63) is 24.6 Å². The van der Waals surface area contributed by atoms with E-state index in [1.807, 2.05) is 18.2 Å². The smallest absolute Gasteiger partial charge is 0.216 e. The van der Waals surface area contributed by atoms with Crippen LogP contribution in [-0.2, 0) is 10.0 Å². The van der Waals surface area contributed by atoms with Crippen molar-refractivity contribution >= 4 is 26.8 Å². The zero-order chi connectivity index (χ0) is 18.1. The van der Waals surface area contributed by atoms with Crippen molar-refractivity contribution in [2.75, 3.05) is 11.9 Å². The van der Waals surface area contributed by atoms with Crippen LogP contribution >= 0.6 is 0 Å². The molecule has 1 aliphatic carbocycles. The van der Waals surface area contributed by atoms with Gasteiger partial charge in [-0.1, -0.05) is 0 Å². The molecule has 1 aliphatic rings. The highest BCUT2D eigenvalue weighted by atomic mass is 32.2. The van der Waals surface area contributed by atoms with Gasteiger partial charge in [-0.05, 0) is 70.6 Å². The number of nitrogens with zero attached hydrogens (tertiary/aromatic N) is 1. The fraction of sp³-hybridized carbons (Fsp3) is 0.611. The van der Waals surface area contributed by atoms with E-state index in [1.54, 1.807) is 20.8 Å². The lowest BCUT2D eigenvalue weighted by Gasteiger charge is -2.31. The molecule has 0 bridgehead atoms. The minimum absolute atomic E-state index is 0.0620. The Kier molecular flexibility index (Phi) is 5.06. The van der Waals surface area contributed by atoms with E-state index in [2.05, 4.69) is 15.0 Å². The van der Waals surface area contributed by atoms with E-state index in [0.717, 1.165) is 49.0 Å². The predicted molar refractivity (Wildman–Crippen MR) is 100 cm³/mol. The van der Waals surface area contributed by atoms with Crippen LogP contribution in [0.2, 0.25) is 0 Å². The third-order valence-electron chi connectivity index (χ3n) is 4.90. The van der Waals surface area contributed by atoms with Crippen molar-refractivity contribution in [1.29, 1.82) is 0 Å². The van der Waals surface area contributed by atoms with Gasteiger partial charge in [0.2, 0.25) is 10.0 Å². The van der Waals surface area contributed by atoms with Gasteiger partial charge in [0, 0.05) is 18.3 Å². The normalized spacial score (nSPS) is 22.2. The highest BCUT2D eigenvalue weighted by molar-refractivity contribution is 7.90. The maximum absolute atomic E-state index is 12.3. The minimum Gasteiger partial charge on any atom is -0.443 e. The average Bonchev–Trinajstić information content (AvgIpc) is 3.00. The largest absolute Gasteiger partial charge is 0.443 e. The minimum atomic E-state index is -3.27. The number of oxazole rings is 1. The van der Waals surface area contributed by atoms with Crippen molar-refractivity contribution in [1.82, 2.24) is 9.71 Å². The molecule has 1 saturated carbocycles. The van der Waals surface area contributed by atoms with Gasteiger partial charge < -0.3 is 9.73 Å². The number of fused-ring (bicyclic) bond motifs is 1. The number of nitrogens with one attached hydrogen (secondary N) is 2. The summed E-state index contributed by atoms with van der Waals surface area (Å²) < 4.78 is 31.9. The van der Waals surface area contributed by atoms with Crippen molar-refractivity contribution in [3.63, 3.8) is 0 Å². The van der Waals surface area contributed by atoms with Crippen LogP contribution < -0.4 is 10.0 Å². The summed E-state index contributed by atoms with van der Waals surface area (Å²) in [6.07, 6.45) is 5.29.